The molecule has 3 heterocycles. The number of halogens is 1. The monoisotopic (exact) mass is 349 g/mol. The third-order valence-corrected chi connectivity index (χ3v) is 4.14. The van der Waals surface area contributed by atoms with Gasteiger partial charge in [-0.2, -0.15) is 5.10 Å². The Kier molecular flexibility index (Phi) is 3.84. The maximum absolute atomic E-state index is 14.3. The molecule has 0 spiro atoms. The van der Waals surface area contributed by atoms with Gasteiger partial charge in [0.25, 0.3) is 0 Å². The van der Waals surface area contributed by atoms with Gasteiger partial charge in [-0.1, -0.05) is 0 Å². The molecule has 0 fully saturated rings. The summed E-state index contributed by atoms with van der Waals surface area (Å²) >= 11 is 0. The van der Waals surface area contributed by atoms with Crippen LogP contribution in [0.5, 0.6) is 5.75 Å². The zero-order valence-corrected chi connectivity index (χ0v) is 14.6. The molecule has 0 aliphatic carbocycles. The smallest absolute Gasteiger partial charge is 0.165 e. The van der Waals surface area contributed by atoms with Crippen molar-refractivity contribution in [3.63, 3.8) is 0 Å². The lowest BCUT2D eigenvalue weighted by Gasteiger charge is -2.11. The number of fused-ring (bicyclic) bond motifs is 1. The standard InChI is InChI=1S/C19H16FN5O/c1-11-7-22-18(9-21-11)14-5-16(12-8-23-25(2)10-12)24-17-6-19(26-3)15(20)4-13(14)17/h4-10H,1-3H3. The summed E-state index contributed by atoms with van der Waals surface area (Å²) in [5.41, 5.74) is 4.41. The molecule has 0 unspecified atom stereocenters. The molecule has 0 aliphatic heterocycles. The van der Waals surface area contributed by atoms with Crippen LogP contribution in [0, 0.1) is 12.7 Å². The summed E-state index contributed by atoms with van der Waals surface area (Å²) in [4.78, 5) is 13.4. The van der Waals surface area contributed by atoms with E-state index in [-0.39, 0.29) is 5.75 Å². The molecular formula is C19H16FN5O. The van der Waals surface area contributed by atoms with E-state index < -0.39 is 5.82 Å². The number of nitrogens with zero attached hydrogens (tertiary/aromatic N) is 5. The van der Waals surface area contributed by atoms with E-state index in [0.717, 1.165) is 22.5 Å². The first kappa shape index (κ1) is 16.1. The largest absolute Gasteiger partial charge is 0.494 e. The van der Waals surface area contributed by atoms with Crippen LogP contribution in [0.2, 0.25) is 0 Å². The van der Waals surface area contributed by atoms with Crippen molar-refractivity contribution in [3.05, 3.63) is 54.5 Å². The molecule has 0 radical (unpaired) electrons. The van der Waals surface area contributed by atoms with Crippen molar-refractivity contribution in [2.45, 2.75) is 6.92 Å². The first-order valence-corrected chi connectivity index (χ1v) is 8.01. The minimum absolute atomic E-state index is 0.147. The van der Waals surface area contributed by atoms with Gasteiger partial charge < -0.3 is 4.74 Å². The van der Waals surface area contributed by atoms with Crippen LogP contribution in [0.3, 0.4) is 0 Å². The Hall–Kier alpha value is -3.35. The highest BCUT2D eigenvalue weighted by molar-refractivity contribution is 5.96. The zero-order valence-electron chi connectivity index (χ0n) is 14.6. The highest BCUT2D eigenvalue weighted by atomic mass is 19.1. The van der Waals surface area contributed by atoms with E-state index >= 15 is 0 Å². The van der Waals surface area contributed by atoms with Crippen LogP contribution in [0.15, 0.2) is 43.0 Å². The van der Waals surface area contributed by atoms with Gasteiger partial charge >= 0.3 is 0 Å². The molecule has 6 nitrogen and oxygen atoms in total. The van der Waals surface area contributed by atoms with E-state index in [1.165, 1.54) is 13.2 Å². The number of hydrogen-bond donors (Lipinski definition) is 0. The van der Waals surface area contributed by atoms with Gasteiger partial charge in [0.15, 0.2) is 11.6 Å². The Morgan fingerprint density at radius 1 is 1.04 bits per heavy atom. The number of aromatic nitrogens is 5. The van der Waals surface area contributed by atoms with E-state index in [0.29, 0.717) is 16.6 Å². The number of benzene rings is 1. The summed E-state index contributed by atoms with van der Waals surface area (Å²) in [6.45, 7) is 1.87. The molecule has 0 saturated carbocycles. The molecule has 4 rings (SSSR count). The molecular weight excluding hydrogens is 333 g/mol. The van der Waals surface area contributed by atoms with Gasteiger partial charge in [0.05, 0.1) is 42.1 Å². The van der Waals surface area contributed by atoms with Gasteiger partial charge in [-0.15, -0.1) is 0 Å². The maximum Gasteiger partial charge on any atom is 0.165 e. The molecule has 0 bridgehead atoms. The van der Waals surface area contributed by atoms with Crippen molar-refractivity contribution in [2.75, 3.05) is 7.11 Å². The number of ether oxygens (including phenoxy) is 1. The van der Waals surface area contributed by atoms with E-state index in [2.05, 4.69) is 20.1 Å². The highest BCUT2D eigenvalue weighted by Gasteiger charge is 2.15. The molecule has 130 valence electrons. The molecule has 0 amide bonds. The fourth-order valence-corrected chi connectivity index (χ4v) is 2.83. The van der Waals surface area contributed by atoms with Gasteiger partial charge in [0, 0.05) is 42.0 Å². The van der Waals surface area contributed by atoms with E-state index in [1.807, 2.05) is 26.2 Å². The van der Waals surface area contributed by atoms with Crippen molar-refractivity contribution in [2.24, 2.45) is 7.05 Å². The van der Waals surface area contributed by atoms with Crippen molar-refractivity contribution >= 4 is 10.9 Å². The van der Waals surface area contributed by atoms with Crippen LogP contribution < -0.4 is 4.74 Å². The molecule has 4 aromatic rings. The number of aryl methyl sites for hydroxylation is 2. The minimum atomic E-state index is -0.447. The predicted octanol–water partition coefficient (Wildman–Crippen LogP) is 3.55. The molecule has 26 heavy (non-hydrogen) atoms. The van der Waals surface area contributed by atoms with Gasteiger partial charge in [0.1, 0.15) is 0 Å². The van der Waals surface area contributed by atoms with Crippen LogP contribution in [0.4, 0.5) is 4.39 Å². The summed E-state index contributed by atoms with van der Waals surface area (Å²) in [6, 6.07) is 4.89. The Labute approximate surface area is 149 Å². The Balaban J connectivity index is 2.03. The fraction of sp³-hybridized carbons (Fsp3) is 0.158. The first-order chi connectivity index (χ1) is 12.5. The fourth-order valence-electron chi connectivity index (χ4n) is 2.83. The van der Waals surface area contributed by atoms with Crippen molar-refractivity contribution in [1.82, 2.24) is 24.7 Å². The van der Waals surface area contributed by atoms with Crippen LogP contribution >= 0.6 is 0 Å². The van der Waals surface area contributed by atoms with E-state index in [4.69, 9.17) is 4.74 Å². The predicted molar refractivity (Wildman–Crippen MR) is 96.2 cm³/mol. The Bertz CT molecular complexity index is 1110. The van der Waals surface area contributed by atoms with Crippen LogP contribution in [-0.4, -0.2) is 31.8 Å². The Morgan fingerprint density at radius 3 is 2.54 bits per heavy atom. The molecule has 0 atom stereocenters. The second-order valence-electron chi connectivity index (χ2n) is 6.00. The number of pyridine rings is 1. The zero-order chi connectivity index (χ0) is 18.3. The lowest BCUT2D eigenvalue weighted by Crippen LogP contribution is -1.95. The van der Waals surface area contributed by atoms with Crippen molar-refractivity contribution in [1.29, 1.82) is 0 Å². The summed E-state index contributed by atoms with van der Waals surface area (Å²) in [7, 11) is 3.27. The molecule has 0 N–H and O–H groups in total. The molecule has 0 saturated heterocycles. The molecule has 3 aromatic heterocycles. The molecule has 1 aromatic carbocycles. The van der Waals surface area contributed by atoms with Gasteiger partial charge in [0.2, 0.25) is 0 Å². The number of methoxy groups -OCH3 is 1. The lowest BCUT2D eigenvalue weighted by atomic mass is 10.0. The minimum Gasteiger partial charge on any atom is -0.494 e. The highest BCUT2D eigenvalue weighted by Crippen LogP contribution is 2.33. The average Bonchev–Trinajstić information content (AvgIpc) is 3.07. The lowest BCUT2D eigenvalue weighted by molar-refractivity contribution is 0.387. The SMILES string of the molecule is COc1cc2nc(-c3cnn(C)c3)cc(-c3cnc(C)cn3)c2cc1F. The van der Waals surface area contributed by atoms with Crippen molar-refractivity contribution in [3.8, 4) is 28.3 Å². The van der Waals surface area contributed by atoms with E-state index in [9.17, 15) is 4.39 Å². The third-order valence-electron chi connectivity index (χ3n) is 4.14. The summed E-state index contributed by atoms with van der Waals surface area (Å²) < 4.78 is 21.1. The van der Waals surface area contributed by atoms with Crippen molar-refractivity contribution < 1.29 is 9.13 Å². The maximum atomic E-state index is 14.3. The Morgan fingerprint density at radius 2 is 1.88 bits per heavy atom. The second kappa shape index (κ2) is 6.18. The van der Waals surface area contributed by atoms with Crippen LogP contribution in [-0.2, 0) is 7.05 Å². The average molecular weight is 349 g/mol. The third kappa shape index (κ3) is 2.77. The molecule has 0 aliphatic rings. The topological polar surface area (TPSA) is 65.7 Å². The van der Waals surface area contributed by atoms with Gasteiger partial charge in [-0.3, -0.25) is 14.6 Å². The van der Waals surface area contributed by atoms with Gasteiger partial charge in [-0.25, -0.2) is 9.37 Å². The summed E-state index contributed by atoms with van der Waals surface area (Å²) in [5, 5.41) is 4.85. The van der Waals surface area contributed by atoms with Gasteiger partial charge in [-0.05, 0) is 19.1 Å². The van der Waals surface area contributed by atoms with E-state index in [1.54, 1.807) is 29.3 Å². The second-order valence-corrected chi connectivity index (χ2v) is 6.00. The first-order valence-electron chi connectivity index (χ1n) is 8.01. The number of rotatable bonds is 3. The summed E-state index contributed by atoms with van der Waals surface area (Å²) in [5.74, 6) is -0.300. The summed E-state index contributed by atoms with van der Waals surface area (Å²) in [6.07, 6.45) is 6.98. The van der Waals surface area contributed by atoms with Crippen LogP contribution in [0.1, 0.15) is 5.69 Å². The normalized spacial score (nSPS) is 11.1. The molecule has 7 heteroatoms. The number of hydrogen-bond acceptors (Lipinski definition) is 5. The quantitative estimate of drug-likeness (QED) is 0.566. The van der Waals surface area contributed by atoms with Crippen LogP contribution in [0.25, 0.3) is 33.4 Å².